The van der Waals surface area contributed by atoms with E-state index < -0.39 is 0 Å². The monoisotopic (exact) mass is 407 g/mol. The number of aromatic nitrogens is 2. The van der Waals surface area contributed by atoms with E-state index in [2.05, 4.69) is 6.07 Å². The van der Waals surface area contributed by atoms with Gasteiger partial charge in [-0.2, -0.15) is 5.26 Å². The van der Waals surface area contributed by atoms with E-state index in [1.807, 2.05) is 37.3 Å². The average Bonchev–Trinajstić information content (AvgIpc) is 3.04. The van der Waals surface area contributed by atoms with Gasteiger partial charge in [0.05, 0.1) is 22.9 Å². The number of thioether (sulfide) groups is 1. The minimum atomic E-state index is -0.323. The molecule has 2 aromatic carbocycles. The van der Waals surface area contributed by atoms with Crippen molar-refractivity contribution in [3.05, 3.63) is 75.6 Å². The van der Waals surface area contributed by atoms with Crippen molar-refractivity contribution in [2.24, 2.45) is 0 Å². The average molecular weight is 407 g/mol. The third-order valence-corrected chi connectivity index (χ3v) is 6.09. The van der Waals surface area contributed by atoms with Gasteiger partial charge >= 0.3 is 0 Å². The van der Waals surface area contributed by atoms with Crippen LogP contribution in [-0.2, 0) is 0 Å². The molecule has 2 heterocycles. The molecule has 0 fully saturated rings. The first-order valence-corrected chi connectivity index (χ1v) is 10.3. The van der Waals surface area contributed by atoms with Crippen LogP contribution < -0.4 is 5.56 Å². The molecule has 0 aliphatic heterocycles. The van der Waals surface area contributed by atoms with Gasteiger partial charge in [0.15, 0.2) is 5.16 Å². The van der Waals surface area contributed by atoms with E-state index in [0.29, 0.717) is 21.1 Å². The fourth-order valence-corrected chi connectivity index (χ4v) is 4.87. The Hall–Kier alpha value is -2.95. The molecule has 0 aliphatic carbocycles. The maximum Gasteiger partial charge on any atom is 0.268 e. The summed E-state index contributed by atoms with van der Waals surface area (Å²) in [5.41, 5.74) is 2.05. The van der Waals surface area contributed by atoms with Gasteiger partial charge in [-0.15, -0.1) is 11.3 Å². The van der Waals surface area contributed by atoms with Gasteiger partial charge < -0.3 is 0 Å². The first-order valence-electron chi connectivity index (χ1n) is 8.47. The largest absolute Gasteiger partial charge is 0.268 e. The fraction of sp³-hybridized carbons (Fsp3) is 0.0952. The van der Waals surface area contributed by atoms with E-state index in [9.17, 15) is 9.18 Å². The standard InChI is InChI=1S/C21H14FN3OS2/c1-13-17(14-7-9-15(22)10-8-14)18-19(28-13)24-21(27-12-11-23)25(20(18)26)16-5-3-2-4-6-16/h2-10H,12H2,1H3. The molecule has 0 bridgehead atoms. The molecule has 0 atom stereocenters. The number of nitrogens with zero attached hydrogens (tertiary/aromatic N) is 3. The number of aryl methyl sites for hydroxylation is 1. The molecular formula is C21H14FN3OS2. The first-order chi connectivity index (χ1) is 13.6. The molecule has 2 aromatic heterocycles. The highest BCUT2D eigenvalue weighted by molar-refractivity contribution is 7.99. The number of halogens is 1. The third kappa shape index (κ3) is 3.21. The number of fused-ring (bicyclic) bond motifs is 1. The Morgan fingerprint density at radius 3 is 2.57 bits per heavy atom. The number of hydrogen-bond donors (Lipinski definition) is 0. The van der Waals surface area contributed by atoms with Gasteiger partial charge in [-0.3, -0.25) is 9.36 Å². The normalized spacial score (nSPS) is 10.9. The topological polar surface area (TPSA) is 58.7 Å². The maximum absolute atomic E-state index is 13.5. The lowest BCUT2D eigenvalue weighted by Crippen LogP contribution is -2.21. The molecule has 7 heteroatoms. The quantitative estimate of drug-likeness (QED) is 0.346. The van der Waals surface area contributed by atoms with E-state index in [1.54, 1.807) is 16.7 Å². The van der Waals surface area contributed by atoms with Crippen LogP contribution in [0.15, 0.2) is 64.5 Å². The van der Waals surface area contributed by atoms with Crippen molar-refractivity contribution in [2.45, 2.75) is 12.1 Å². The lowest BCUT2D eigenvalue weighted by atomic mass is 10.0. The van der Waals surface area contributed by atoms with Crippen molar-refractivity contribution in [3.8, 4) is 22.9 Å². The predicted molar refractivity (Wildman–Crippen MR) is 112 cm³/mol. The van der Waals surface area contributed by atoms with Crippen LogP contribution in [0.3, 0.4) is 0 Å². The SMILES string of the molecule is Cc1sc2nc(SCC#N)n(-c3ccccc3)c(=O)c2c1-c1ccc(F)cc1. The summed E-state index contributed by atoms with van der Waals surface area (Å²) in [5, 5.41) is 9.97. The number of rotatable bonds is 4. The Balaban J connectivity index is 2.05. The zero-order valence-electron chi connectivity index (χ0n) is 14.8. The molecule has 0 saturated heterocycles. The molecule has 4 rings (SSSR count). The zero-order chi connectivity index (χ0) is 19.7. The molecule has 0 unspecified atom stereocenters. The molecule has 0 saturated carbocycles. The summed E-state index contributed by atoms with van der Waals surface area (Å²) in [6.45, 7) is 1.93. The highest BCUT2D eigenvalue weighted by Crippen LogP contribution is 2.37. The van der Waals surface area contributed by atoms with Crippen LogP contribution in [-0.4, -0.2) is 15.3 Å². The maximum atomic E-state index is 13.5. The van der Waals surface area contributed by atoms with Crippen LogP contribution in [0.25, 0.3) is 27.0 Å². The van der Waals surface area contributed by atoms with Crippen LogP contribution in [0.2, 0.25) is 0 Å². The van der Waals surface area contributed by atoms with Gasteiger partial charge in [0.25, 0.3) is 5.56 Å². The zero-order valence-corrected chi connectivity index (χ0v) is 16.5. The van der Waals surface area contributed by atoms with Gasteiger partial charge in [0, 0.05) is 10.4 Å². The third-order valence-electron chi connectivity index (χ3n) is 4.28. The Bertz CT molecular complexity index is 1260. The van der Waals surface area contributed by atoms with Crippen LogP contribution in [0, 0.1) is 24.1 Å². The molecule has 0 spiro atoms. The van der Waals surface area contributed by atoms with Crippen LogP contribution in [0.1, 0.15) is 4.88 Å². The first kappa shape index (κ1) is 18.4. The Morgan fingerprint density at radius 2 is 1.89 bits per heavy atom. The summed E-state index contributed by atoms with van der Waals surface area (Å²) in [4.78, 5) is 19.8. The second-order valence-corrected chi connectivity index (χ2v) is 8.18. The summed E-state index contributed by atoms with van der Waals surface area (Å²) in [6, 6.07) is 17.5. The summed E-state index contributed by atoms with van der Waals surface area (Å²) < 4.78 is 14.9. The van der Waals surface area contributed by atoms with E-state index in [4.69, 9.17) is 10.2 Å². The highest BCUT2D eigenvalue weighted by Gasteiger charge is 2.20. The molecule has 138 valence electrons. The van der Waals surface area contributed by atoms with Crippen molar-refractivity contribution in [2.75, 3.05) is 5.75 Å². The van der Waals surface area contributed by atoms with E-state index in [-0.39, 0.29) is 17.1 Å². The summed E-state index contributed by atoms with van der Waals surface area (Å²) in [5.74, 6) is -0.129. The molecule has 28 heavy (non-hydrogen) atoms. The molecule has 0 N–H and O–H groups in total. The number of thiophene rings is 1. The number of nitriles is 1. The predicted octanol–water partition coefficient (Wildman–Crippen LogP) is 5.18. The molecule has 4 aromatic rings. The Kier molecular flexibility index (Phi) is 4.99. The van der Waals surface area contributed by atoms with E-state index in [0.717, 1.165) is 16.0 Å². The van der Waals surface area contributed by atoms with Crippen LogP contribution in [0.4, 0.5) is 4.39 Å². The number of hydrogen-bond acceptors (Lipinski definition) is 5. The second kappa shape index (κ2) is 7.58. The molecule has 4 nitrogen and oxygen atoms in total. The summed E-state index contributed by atoms with van der Waals surface area (Å²) >= 11 is 2.66. The van der Waals surface area contributed by atoms with Crippen molar-refractivity contribution in [1.82, 2.24) is 9.55 Å². The van der Waals surface area contributed by atoms with Gasteiger partial charge in [-0.1, -0.05) is 42.1 Å². The Labute approximate surface area is 168 Å². The lowest BCUT2D eigenvalue weighted by Gasteiger charge is -2.11. The minimum absolute atomic E-state index is 0.194. The van der Waals surface area contributed by atoms with Gasteiger partial charge in [-0.25, -0.2) is 9.37 Å². The van der Waals surface area contributed by atoms with Crippen LogP contribution in [0.5, 0.6) is 0 Å². The lowest BCUT2D eigenvalue weighted by molar-refractivity contribution is 0.628. The molecular weight excluding hydrogens is 393 g/mol. The number of benzene rings is 2. The van der Waals surface area contributed by atoms with E-state index >= 15 is 0 Å². The van der Waals surface area contributed by atoms with Gasteiger partial charge in [0.2, 0.25) is 0 Å². The fourth-order valence-electron chi connectivity index (χ4n) is 3.11. The molecule has 0 radical (unpaired) electrons. The number of para-hydroxylation sites is 1. The Morgan fingerprint density at radius 1 is 1.18 bits per heavy atom. The smallest absolute Gasteiger partial charge is 0.268 e. The molecule has 0 aliphatic rings. The van der Waals surface area contributed by atoms with Gasteiger partial charge in [0.1, 0.15) is 10.6 Å². The van der Waals surface area contributed by atoms with Crippen LogP contribution >= 0.6 is 23.1 Å². The molecule has 0 amide bonds. The highest BCUT2D eigenvalue weighted by atomic mass is 32.2. The van der Waals surface area contributed by atoms with E-state index in [1.165, 1.54) is 35.2 Å². The minimum Gasteiger partial charge on any atom is -0.268 e. The second-order valence-electron chi connectivity index (χ2n) is 6.04. The van der Waals surface area contributed by atoms with Crippen molar-refractivity contribution in [3.63, 3.8) is 0 Å². The van der Waals surface area contributed by atoms with Crippen molar-refractivity contribution >= 4 is 33.3 Å². The van der Waals surface area contributed by atoms with Crippen molar-refractivity contribution < 1.29 is 4.39 Å². The van der Waals surface area contributed by atoms with Gasteiger partial charge in [-0.05, 0) is 36.8 Å². The summed E-state index contributed by atoms with van der Waals surface area (Å²) in [6.07, 6.45) is 0. The summed E-state index contributed by atoms with van der Waals surface area (Å²) in [7, 11) is 0. The van der Waals surface area contributed by atoms with Crippen molar-refractivity contribution in [1.29, 1.82) is 5.26 Å².